The zero-order valence-electron chi connectivity index (χ0n) is 10.9. The van der Waals surface area contributed by atoms with Gasteiger partial charge in [0.05, 0.1) is 0 Å². The Morgan fingerprint density at radius 3 is 2.31 bits per heavy atom. The van der Waals surface area contributed by atoms with Gasteiger partial charge in [0.1, 0.15) is 5.82 Å². The van der Waals surface area contributed by atoms with Gasteiger partial charge < -0.3 is 5.32 Å². The van der Waals surface area contributed by atoms with Crippen LogP contribution in [0.5, 0.6) is 0 Å². The van der Waals surface area contributed by atoms with Crippen molar-refractivity contribution in [3.05, 3.63) is 23.3 Å². The van der Waals surface area contributed by atoms with E-state index in [9.17, 15) is 0 Å². The first-order valence-electron chi connectivity index (χ1n) is 6.20. The summed E-state index contributed by atoms with van der Waals surface area (Å²) >= 11 is 0. The van der Waals surface area contributed by atoms with Crippen molar-refractivity contribution in [2.45, 2.75) is 53.0 Å². The average molecular weight is 221 g/mol. The van der Waals surface area contributed by atoms with Gasteiger partial charge in [-0.25, -0.2) is 9.97 Å². The molecule has 0 saturated carbocycles. The first-order chi connectivity index (χ1) is 7.65. The van der Waals surface area contributed by atoms with Crippen LogP contribution < -0.4 is 5.32 Å². The first-order valence-corrected chi connectivity index (χ1v) is 6.20. The lowest BCUT2D eigenvalue weighted by atomic mass is 10.1. The van der Waals surface area contributed by atoms with Crippen LogP contribution in [0, 0.1) is 13.8 Å². The van der Waals surface area contributed by atoms with Gasteiger partial charge in [0.15, 0.2) is 0 Å². The fourth-order valence-electron chi connectivity index (χ4n) is 2.02. The molecule has 1 atom stereocenters. The van der Waals surface area contributed by atoms with Crippen LogP contribution in [-0.4, -0.2) is 22.6 Å². The Kier molecular flexibility index (Phi) is 5.39. The maximum atomic E-state index is 4.49. The van der Waals surface area contributed by atoms with Crippen LogP contribution in [0.25, 0.3) is 0 Å². The Bertz CT molecular complexity index is 297. The van der Waals surface area contributed by atoms with E-state index in [0.717, 1.165) is 30.2 Å². The second-order valence-corrected chi connectivity index (χ2v) is 4.31. The number of aryl methyl sites for hydroxylation is 2. The van der Waals surface area contributed by atoms with Gasteiger partial charge in [0.2, 0.25) is 0 Å². The van der Waals surface area contributed by atoms with Gasteiger partial charge in [0, 0.05) is 23.9 Å². The van der Waals surface area contributed by atoms with Gasteiger partial charge >= 0.3 is 0 Å². The number of hydrogen-bond donors (Lipinski definition) is 1. The lowest BCUT2D eigenvalue weighted by Crippen LogP contribution is -2.31. The van der Waals surface area contributed by atoms with Gasteiger partial charge in [-0.05, 0) is 32.9 Å². The molecule has 0 amide bonds. The molecule has 0 aliphatic rings. The van der Waals surface area contributed by atoms with E-state index in [-0.39, 0.29) is 0 Å². The van der Waals surface area contributed by atoms with Crippen molar-refractivity contribution in [2.75, 3.05) is 6.54 Å². The predicted molar refractivity (Wildman–Crippen MR) is 67.6 cm³/mol. The van der Waals surface area contributed by atoms with Crippen molar-refractivity contribution < 1.29 is 0 Å². The molecule has 0 aliphatic heterocycles. The largest absolute Gasteiger partial charge is 0.314 e. The third-order valence-corrected chi connectivity index (χ3v) is 2.59. The van der Waals surface area contributed by atoms with Crippen LogP contribution in [-0.2, 0) is 6.42 Å². The minimum absolute atomic E-state index is 0.510. The molecule has 90 valence electrons. The molecule has 0 bridgehead atoms. The van der Waals surface area contributed by atoms with Crippen molar-refractivity contribution >= 4 is 0 Å². The molecule has 3 nitrogen and oxygen atoms in total. The zero-order valence-corrected chi connectivity index (χ0v) is 10.9. The van der Waals surface area contributed by atoms with E-state index in [2.05, 4.69) is 29.1 Å². The summed E-state index contributed by atoms with van der Waals surface area (Å²) in [7, 11) is 0. The highest BCUT2D eigenvalue weighted by molar-refractivity contribution is 5.09. The van der Waals surface area contributed by atoms with E-state index in [0.29, 0.717) is 6.04 Å². The molecule has 1 aromatic heterocycles. The summed E-state index contributed by atoms with van der Waals surface area (Å²) in [6.07, 6.45) is 3.32. The quantitative estimate of drug-likeness (QED) is 0.801. The Morgan fingerprint density at radius 2 is 1.81 bits per heavy atom. The third-order valence-electron chi connectivity index (χ3n) is 2.59. The molecule has 1 N–H and O–H groups in total. The van der Waals surface area contributed by atoms with Gasteiger partial charge in [-0.3, -0.25) is 0 Å². The van der Waals surface area contributed by atoms with Crippen LogP contribution in [0.4, 0.5) is 0 Å². The van der Waals surface area contributed by atoms with Crippen LogP contribution in [0.15, 0.2) is 6.07 Å². The number of aromatic nitrogens is 2. The molecule has 0 aromatic carbocycles. The lowest BCUT2D eigenvalue weighted by molar-refractivity contribution is 0.476. The van der Waals surface area contributed by atoms with Crippen LogP contribution in [0.2, 0.25) is 0 Å². The summed E-state index contributed by atoms with van der Waals surface area (Å²) in [5, 5.41) is 3.49. The topological polar surface area (TPSA) is 37.8 Å². The number of rotatable bonds is 6. The summed E-state index contributed by atoms with van der Waals surface area (Å²) in [6, 6.07) is 2.53. The van der Waals surface area contributed by atoms with Crippen molar-refractivity contribution in [3.8, 4) is 0 Å². The number of likely N-dealkylation sites (N-methyl/N-ethyl adjacent to an activating group) is 1. The van der Waals surface area contributed by atoms with E-state index in [1.54, 1.807) is 0 Å². The van der Waals surface area contributed by atoms with E-state index in [4.69, 9.17) is 0 Å². The molecule has 3 heteroatoms. The summed E-state index contributed by atoms with van der Waals surface area (Å²) in [4.78, 5) is 8.97. The standard InChI is InChI=1S/C13H23N3/c1-5-7-12(14-6-2)9-13-15-10(3)8-11(4)16-13/h8,12,14H,5-7,9H2,1-4H3. The van der Waals surface area contributed by atoms with Crippen LogP contribution in [0.3, 0.4) is 0 Å². The molecule has 1 heterocycles. The summed E-state index contributed by atoms with van der Waals surface area (Å²) in [5.41, 5.74) is 2.13. The van der Waals surface area contributed by atoms with E-state index in [1.807, 2.05) is 19.9 Å². The van der Waals surface area contributed by atoms with Gasteiger partial charge in [0.25, 0.3) is 0 Å². The smallest absolute Gasteiger partial charge is 0.130 e. The third kappa shape index (κ3) is 4.27. The second-order valence-electron chi connectivity index (χ2n) is 4.31. The molecule has 0 fully saturated rings. The summed E-state index contributed by atoms with van der Waals surface area (Å²) < 4.78 is 0. The van der Waals surface area contributed by atoms with Gasteiger partial charge in [-0.15, -0.1) is 0 Å². The van der Waals surface area contributed by atoms with Crippen molar-refractivity contribution in [1.82, 2.24) is 15.3 Å². The number of hydrogen-bond acceptors (Lipinski definition) is 3. The SMILES string of the molecule is CCCC(Cc1nc(C)cc(C)n1)NCC. The monoisotopic (exact) mass is 221 g/mol. The van der Waals surface area contributed by atoms with Crippen LogP contribution in [0.1, 0.15) is 43.9 Å². The average Bonchev–Trinajstić information content (AvgIpc) is 2.16. The Morgan fingerprint density at radius 1 is 1.19 bits per heavy atom. The van der Waals surface area contributed by atoms with Crippen molar-refractivity contribution in [1.29, 1.82) is 0 Å². The molecule has 0 spiro atoms. The van der Waals surface area contributed by atoms with E-state index < -0.39 is 0 Å². The van der Waals surface area contributed by atoms with Gasteiger partial charge in [-0.1, -0.05) is 20.3 Å². The summed E-state index contributed by atoms with van der Waals surface area (Å²) in [6.45, 7) is 9.42. The lowest BCUT2D eigenvalue weighted by Gasteiger charge is -2.16. The predicted octanol–water partition coefficient (Wildman–Crippen LogP) is 2.41. The van der Waals surface area contributed by atoms with E-state index >= 15 is 0 Å². The molecule has 1 rings (SSSR count). The minimum atomic E-state index is 0.510. The molecule has 0 radical (unpaired) electrons. The maximum Gasteiger partial charge on any atom is 0.130 e. The molecule has 16 heavy (non-hydrogen) atoms. The maximum absolute atomic E-state index is 4.49. The molecule has 0 aliphatic carbocycles. The normalized spacial score (nSPS) is 12.8. The molecular weight excluding hydrogens is 198 g/mol. The summed E-state index contributed by atoms with van der Waals surface area (Å²) in [5.74, 6) is 0.969. The highest BCUT2D eigenvalue weighted by atomic mass is 14.9. The minimum Gasteiger partial charge on any atom is -0.314 e. The van der Waals surface area contributed by atoms with Crippen LogP contribution >= 0.6 is 0 Å². The highest BCUT2D eigenvalue weighted by Gasteiger charge is 2.09. The van der Waals surface area contributed by atoms with Gasteiger partial charge in [-0.2, -0.15) is 0 Å². The Hall–Kier alpha value is -0.960. The number of nitrogens with zero attached hydrogens (tertiary/aromatic N) is 2. The molecule has 1 unspecified atom stereocenters. The zero-order chi connectivity index (χ0) is 12.0. The Labute approximate surface area is 98.7 Å². The van der Waals surface area contributed by atoms with Crippen molar-refractivity contribution in [2.24, 2.45) is 0 Å². The highest BCUT2D eigenvalue weighted by Crippen LogP contribution is 2.06. The second kappa shape index (κ2) is 6.59. The van der Waals surface area contributed by atoms with E-state index in [1.165, 1.54) is 12.8 Å². The number of nitrogens with one attached hydrogen (secondary N) is 1. The molecular formula is C13H23N3. The fraction of sp³-hybridized carbons (Fsp3) is 0.692. The molecule has 0 saturated heterocycles. The van der Waals surface area contributed by atoms with Crippen molar-refractivity contribution in [3.63, 3.8) is 0 Å². The first kappa shape index (κ1) is 13.1. The fourth-order valence-corrected chi connectivity index (χ4v) is 2.02. The molecule has 1 aromatic rings. The Balaban J connectivity index is 2.68.